The second kappa shape index (κ2) is 9.53. The zero-order valence-corrected chi connectivity index (χ0v) is 19.8. The maximum Gasteiger partial charge on any atom is 0.328 e. The molecule has 1 N–H and O–H groups in total. The van der Waals surface area contributed by atoms with E-state index in [1.165, 1.54) is 4.57 Å². The summed E-state index contributed by atoms with van der Waals surface area (Å²) in [5.74, 6) is 0.505. The number of fused-ring (bicyclic) bond motifs is 1. The van der Waals surface area contributed by atoms with Crippen LogP contribution in [0.25, 0.3) is 10.9 Å². The summed E-state index contributed by atoms with van der Waals surface area (Å²) in [5.41, 5.74) is 0.869. The minimum Gasteiger partial charge on any atom is -0.339 e. The molecule has 2 aromatic rings. The lowest BCUT2D eigenvalue weighted by molar-refractivity contribution is -0.144. The molecule has 0 bridgehead atoms. The predicted molar refractivity (Wildman–Crippen MR) is 127 cm³/mol. The molecule has 2 fully saturated rings. The molecule has 1 saturated heterocycles. The number of rotatable bonds is 4. The van der Waals surface area contributed by atoms with E-state index in [0.29, 0.717) is 43.6 Å². The van der Waals surface area contributed by atoms with Crippen LogP contribution in [-0.4, -0.2) is 57.3 Å². The molecule has 1 aliphatic carbocycles. The van der Waals surface area contributed by atoms with Crippen LogP contribution in [0.1, 0.15) is 45.1 Å². The van der Waals surface area contributed by atoms with Crippen molar-refractivity contribution in [1.82, 2.24) is 19.4 Å². The number of para-hydroxylation sites is 1. The summed E-state index contributed by atoms with van der Waals surface area (Å²) in [5, 5.41) is 0.536. The van der Waals surface area contributed by atoms with Crippen LogP contribution in [0.15, 0.2) is 27.8 Å². The Hall–Kier alpha value is -2.90. The molecule has 1 saturated carbocycles. The Morgan fingerprint density at radius 1 is 1.00 bits per heavy atom. The predicted octanol–water partition coefficient (Wildman–Crippen LogP) is 2.13. The Morgan fingerprint density at radius 3 is 2.27 bits per heavy atom. The number of aryl methyl sites for hydroxylation is 1. The third-order valence-electron chi connectivity index (χ3n) is 7.26. The second-order valence-electron chi connectivity index (χ2n) is 9.87. The van der Waals surface area contributed by atoms with Crippen molar-refractivity contribution in [2.75, 3.05) is 26.2 Å². The molecular weight excluding hydrogens is 420 g/mol. The SMILES string of the molecule is Cc1cccc2c(=O)n(CC3CCC(C(=O)N4CCN(C(=O)C(C)C)CC4)CC3)c(=O)[nH]c12. The number of nitrogens with one attached hydrogen (secondary N) is 1. The summed E-state index contributed by atoms with van der Waals surface area (Å²) in [7, 11) is 0. The third-order valence-corrected chi connectivity index (χ3v) is 7.26. The van der Waals surface area contributed by atoms with Gasteiger partial charge in [-0.25, -0.2) is 4.79 Å². The lowest BCUT2D eigenvalue weighted by Gasteiger charge is -2.38. The van der Waals surface area contributed by atoms with Gasteiger partial charge in [-0.1, -0.05) is 26.0 Å². The summed E-state index contributed by atoms with van der Waals surface area (Å²) in [6.45, 7) is 8.46. The Bertz CT molecular complexity index is 1150. The number of aromatic nitrogens is 2. The number of amides is 2. The molecule has 8 nitrogen and oxygen atoms in total. The van der Waals surface area contributed by atoms with Crippen LogP contribution in [0, 0.1) is 24.7 Å². The first kappa shape index (κ1) is 23.3. The Morgan fingerprint density at radius 2 is 1.64 bits per heavy atom. The van der Waals surface area contributed by atoms with Crippen LogP contribution in [0.5, 0.6) is 0 Å². The lowest BCUT2D eigenvalue weighted by Crippen LogP contribution is -2.53. The number of carbonyl (C=O) groups excluding carboxylic acids is 2. The highest BCUT2D eigenvalue weighted by atomic mass is 16.2. The minimum atomic E-state index is -0.367. The van der Waals surface area contributed by atoms with Gasteiger partial charge in [-0.15, -0.1) is 0 Å². The number of nitrogens with zero attached hydrogens (tertiary/aromatic N) is 3. The number of hydrogen-bond acceptors (Lipinski definition) is 4. The first-order chi connectivity index (χ1) is 15.8. The van der Waals surface area contributed by atoms with Gasteiger partial charge in [0.15, 0.2) is 0 Å². The molecule has 0 unspecified atom stereocenters. The van der Waals surface area contributed by atoms with Gasteiger partial charge in [0.05, 0.1) is 10.9 Å². The number of carbonyl (C=O) groups is 2. The highest BCUT2D eigenvalue weighted by Gasteiger charge is 2.32. The lowest BCUT2D eigenvalue weighted by atomic mass is 9.81. The van der Waals surface area contributed by atoms with Gasteiger partial charge in [0, 0.05) is 44.6 Å². The molecular formula is C25H34N4O4. The van der Waals surface area contributed by atoms with Crippen molar-refractivity contribution in [2.24, 2.45) is 17.8 Å². The van der Waals surface area contributed by atoms with Gasteiger partial charge in [-0.3, -0.25) is 19.0 Å². The Kier molecular flexibility index (Phi) is 6.72. The second-order valence-corrected chi connectivity index (χ2v) is 9.87. The van der Waals surface area contributed by atoms with Crippen molar-refractivity contribution in [3.05, 3.63) is 44.6 Å². The fraction of sp³-hybridized carbons (Fsp3) is 0.600. The largest absolute Gasteiger partial charge is 0.339 e. The summed E-state index contributed by atoms with van der Waals surface area (Å²) in [6, 6.07) is 5.46. The van der Waals surface area contributed by atoms with E-state index in [9.17, 15) is 19.2 Å². The molecule has 0 atom stereocenters. The zero-order valence-electron chi connectivity index (χ0n) is 19.8. The fourth-order valence-electron chi connectivity index (χ4n) is 5.21. The number of aromatic amines is 1. The van der Waals surface area contributed by atoms with E-state index in [0.717, 1.165) is 31.2 Å². The van der Waals surface area contributed by atoms with Crippen molar-refractivity contribution >= 4 is 22.7 Å². The van der Waals surface area contributed by atoms with Crippen LogP contribution in [0.4, 0.5) is 0 Å². The molecule has 1 aliphatic heterocycles. The van der Waals surface area contributed by atoms with Crippen LogP contribution in [0.2, 0.25) is 0 Å². The van der Waals surface area contributed by atoms with Crippen molar-refractivity contribution in [1.29, 1.82) is 0 Å². The molecule has 8 heteroatoms. The quantitative estimate of drug-likeness (QED) is 0.766. The summed E-state index contributed by atoms with van der Waals surface area (Å²) in [6.07, 6.45) is 3.18. The average Bonchev–Trinajstić information content (AvgIpc) is 2.82. The molecule has 33 heavy (non-hydrogen) atoms. The first-order valence-corrected chi connectivity index (χ1v) is 12.1. The molecule has 0 radical (unpaired) electrons. The number of hydrogen-bond donors (Lipinski definition) is 1. The molecule has 4 rings (SSSR count). The van der Waals surface area contributed by atoms with Crippen molar-refractivity contribution in [3.8, 4) is 0 Å². The van der Waals surface area contributed by atoms with E-state index in [4.69, 9.17) is 0 Å². The van der Waals surface area contributed by atoms with Gasteiger partial charge >= 0.3 is 5.69 Å². The van der Waals surface area contributed by atoms with Gasteiger partial charge in [0.2, 0.25) is 11.8 Å². The third kappa shape index (κ3) is 4.75. The normalized spacial score (nSPS) is 21.6. The van der Waals surface area contributed by atoms with Gasteiger partial charge in [-0.2, -0.15) is 0 Å². The maximum absolute atomic E-state index is 13.0. The maximum atomic E-state index is 13.0. The van der Waals surface area contributed by atoms with Crippen LogP contribution in [-0.2, 0) is 16.1 Å². The molecule has 2 aliphatic rings. The molecule has 2 heterocycles. The molecule has 0 spiro atoms. The molecule has 1 aromatic heterocycles. The van der Waals surface area contributed by atoms with Gasteiger partial charge in [0.1, 0.15) is 0 Å². The summed E-state index contributed by atoms with van der Waals surface area (Å²) >= 11 is 0. The number of piperazine rings is 1. The van der Waals surface area contributed by atoms with E-state index in [2.05, 4.69) is 4.98 Å². The van der Waals surface area contributed by atoms with Gasteiger partial charge in [0.25, 0.3) is 5.56 Å². The Balaban J connectivity index is 1.34. The van der Waals surface area contributed by atoms with E-state index in [1.54, 1.807) is 6.07 Å². The first-order valence-electron chi connectivity index (χ1n) is 12.1. The summed E-state index contributed by atoms with van der Waals surface area (Å²) in [4.78, 5) is 57.3. The van der Waals surface area contributed by atoms with Gasteiger partial charge in [-0.05, 0) is 50.2 Å². The van der Waals surface area contributed by atoms with Crippen LogP contribution >= 0.6 is 0 Å². The highest BCUT2D eigenvalue weighted by molar-refractivity contribution is 5.81. The smallest absolute Gasteiger partial charge is 0.328 e. The van der Waals surface area contributed by atoms with Crippen molar-refractivity contribution in [2.45, 2.75) is 53.0 Å². The standard InChI is InChI=1S/C25H34N4O4/c1-16(2)22(30)27-11-13-28(14-12-27)23(31)19-9-7-18(8-10-19)15-29-24(32)20-6-4-5-17(3)21(20)26-25(29)33/h4-6,16,18-19H,7-15H2,1-3H3,(H,26,33). The van der Waals surface area contributed by atoms with E-state index < -0.39 is 0 Å². The monoisotopic (exact) mass is 454 g/mol. The molecule has 1 aromatic carbocycles. The molecule has 178 valence electrons. The minimum absolute atomic E-state index is 0.0112. The van der Waals surface area contributed by atoms with Crippen LogP contribution < -0.4 is 11.2 Å². The average molecular weight is 455 g/mol. The molecule has 2 amide bonds. The van der Waals surface area contributed by atoms with E-state index >= 15 is 0 Å². The number of H-pyrrole nitrogens is 1. The van der Waals surface area contributed by atoms with Crippen molar-refractivity contribution in [3.63, 3.8) is 0 Å². The van der Waals surface area contributed by atoms with Gasteiger partial charge < -0.3 is 14.8 Å². The van der Waals surface area contributed by atoms with Crippen molar-refractivity contribution < 1.29 is 9.59 Å². The topological polar surface area (TPSA) is 95.5 Å². The highest BCUT2D eigenvalue weighted by Crippen LogP contribution is 2.31. The van der Waals surface area contributed by atoms with E-state index in [1.807, 2.05) is 42.7 Å². The van der Waals surface area contributed by atoms with E-state index in [-0.39, 0.29) is 40.8 Å². The zero-order chi connectivity index (χ0) is 23.7. The van der Waals surface area contributed by atoms with Crippen LogP contribution in [0.3, 0.4) is 0 Å². The summed E-state index contributed by atoms with van der Waals surface area (Å²) < 4.78 is 1.32. The fourth-order valence-corrected chi connectivity index (χ4v) is 5.21. The Labute approximate surface area is 193 Å². The number of benzene rings is 1.